The van der Waals surface area contributed by atoms with E-state index >= 15 is 0 Å². The molecule has 0 amide bonds. The summed E-state index contributed by atoms with van der Waals surface area (Å²) in [5.41, 5.74) is 0.241. The maximum absolute atomic E-state index is 12.4. The number of alkyl halides is 2. The molecule has 2 nitrogen and oxygen atoms in total. The van der Waals surface area contributed by atoms with Crippen molar-refractivity contribution in [3.8, 4) is 0 Å². The molecule has 2 aliphatic rings. The summed E-state index contributed by atoms with van der Waals surface area (Å²) in [6, 6.07) is 0.712. The zero-order chi connectivity index (χ0) is 13.0. The van der Waals surface area contributed by atoms with Gasteiger partial charge in [0, 0.05) is 19.1 Å². The van der Waals surface area contributed by atoms with Gasteiger partial charge in [0.15, 0.2) is 0 Å². The van der Waals surface area contributed by atoms with Gasteiger partial charge in [-0.05, 0) is 38.1 Å². The standard InChI is InChI=1S/C14H26F2N2/c1-18(9-13(15)16)11-14(7-3-2-4-8-14)10-17-12-5-6-12/h12-13,17H,2-11H2,1H3. The number of nitrogens with one attached hydrogen (secondary N) is 1. The summed E-state index contributed by atoms with van der Waals surface area (Å²) < 4.78 is 24.9. The predicted molar refractivity (Wildman–Crippen MR) is 70.0 cm³/mol. The van der Waals surface area contributed by atoms with Crippen molar-refractivity contribution in [2.75, 3.05) is 26.7 Å². The van der Waals surface area contributed by atoms with Crippen LogP contribution < -0.4 is 5.32 Å². The van der Waals surface area contributed by atoms with Gasteiger partial charge in [-0.1, -0.05) is 19.3 Å². The maximum atomic E-state index is 12.4. The van der Waals surface area contributed by atoms with Gasteiger partial charge < -0.3 is 10.2 Å². The Labute approximate surface area is 109 Å². The second-order valence-corrected chi connectivity index (χ2v) is 6.30. The van der Waals surface area contributed by atoms with Gasteiger partial charge in [-0.15, -0.1) is 0 Å². The van der Waals surface area contributed by atoms with Crippen LogP contribution in [0.15, 0.2) is 0 Å². The van der Waals surface area contributed by atoms with Crippen molar-refractivity contribution in [3.63, 3.8) is 0 Å². The molecule has 106 valence electrons. The first-order valence-corrected chi connectivity index (χ1v) is 7.30. The van der Waals surface area contributed by atoms with Crippen molar-refractivity contribution >= 4 is 0 Å². The molecule has 0 spiro atoms. The molecule has 4 heteroatoms. The molecule has 0 saturated heterocycles. The Hall–Kier alpha value is -0.220. The number of halogens is 2. The molecule has 0 bridgehead atoms. The molecule has 2 rings (SSSR count). The Morgan fingerprint density at radius 2 is 1.89 bits per heavy atom. The van der Waals surface area contributed by atoms with Crippen molar-refractivity contribution < 1.29 is 8.78 Å². The highest BCUT2D eigenvalue weighted by atomic mass is 19.3. The van der Waals surface area contributed by atoms with Crippen LogP contribution in [0.3, 0.4) is 0 Å². The van der Waals surface area contributed by atoms with Crippen molar-refractivity contribution in [1.29, 1.82) is 0 Å². The lowest BCUT2D eigenvalue weighted by Crippen LogP contribution is -2.45. The summed E-state index contributed by atoms with van der Waals surface area (Å²) in [4.78, 5) is 1.82. The van der Waals surface area contributed by atoms with Gasteiger partial charge in [-0.25, -0.2) is 8.78 Å². The summed E-state index contributed by atoms with van der Waals surface area (Å²) in [5, 5.41) is 3.61. The van der Waals surface area contributed by atoms with Crippen molar-refractivity contribution in [2.24, 2.45) is 5.41 Å². The average molecular weight is 260 g/mol. The van der Waals surface area contributed by atoms with Crippen LogP contribution >= 0.6 is 0 Å². The largest absolute Gasteiger partial charge is 0.313 e. The summed E-state index contributed by atoms with van der Waals surface area (Å²) in [5.74, 6) is 0. The molecule has 0 aromatic heterocycles. The molecule has 0 aliphatic heterocycles. The molecular formula is C14H26F2N2. The molecular weight excluding hydrogens is 234 g/mol. The van der Waals surface area contributed by atoms with Gasteiger partial charge in [0.1, 0.15) is 0 Å². The summed E-state index contributed by atoms with van der Waals surface area (Å²) in [6.07, 6.45) is 6.59. The fourth-order valence-electron chi connectivity index (χ4n) is 3.21. The van der Waals surface area contributed by atoms with E-state index in [0.29, 0.717) is 6.04 Å². The van der Waals surface area contributed by atoms with Crippen molar-refractivity contribution in [1.82, 2.24) is 10.2 Å². The van der Waals surface area contributed by atoms with E-state index in [4.69, 9.17) is 0 Å². The molecule has 2 aliphatic carbocycles. The van der Waals surface area contributed by atoms with Crippen LogP contribution in [0.2, 0.25) is 0 Å². The SMILES string of the molecule is CN(CC(F)F)CC1(CNC2CC2)CCCCC1. The first-order chi connectivity index (χ1) is 8.60. The number of nitrogens with zero attached hydrogens (tertiary/aromatic N) is 1. The van der Waals surface area contributed by atoms with Crippen LogP contribution in [0.1, 0.15) is 44.9 Å². The quantitative estimate of drug-likeness (QED) is 0.757. The highest BCUT2D eigenvalue weighted by Gasteiger charge is 2.35. The van der Waals surface area contributed by atoms with E-state index in [2.05, 4.69) is 5.32 Å². The van der Waals surface area contributed by atoms with Gasteiger partial charge in [0.05, 0.1) is 6.54 Å². The monoisotopic (exact) mass is 260 g/mol. The van der Waals surface area contributed by atoms with Crippen molar-refractivity contribution in [2.45, 2.75) is 57.4 Å². The average Bonchev–Trinajstić information content (AvgIpc) is 3.10. The van der Waals surface area contributed by atoms with E-state index in [-0.39, 0.29) is 12.0 Å². The van der Waals surface area contributed by atoms with Gasteiger partial charge in [0.25, 0.3) is 6.43 Å². The van der Waals surface area contributed by atoms with Gasteiger partial charge in [-0.2, -0.15) is 0 Å². The third kappa shape index (κ3) is 4.47. The van der Waals surface area contributed by atoms with Crippen LogP contribution in [-0.4, -0.2) is 44.0 Å². The summed E-state index contributed by atoms with van der Waals surface area (Å²) in [6.45, 7) is 1.74. The predicted octanol–water partition coefficient (Wildman–Crippen LogP) is 2.89. The molecule has 0 heterocycles. The Balaban J connectivity index is 1.85. The maximum Gasteiger partial charge on any atom is 0.251 e. The number of hydrogen-bond acceptors (Lipinski definition) is 2. The molecule has 2 fully saturated rings. The lowest BCUT2D eigenvalue weighted by atomic mass is 9.73. The molecule has 2 saturated carbocycles. The first-order valence-electron chi connectivity index (χ1n) is 7.30. The minimum absolute atomic E-state index is 0.0921. The molecule has 18 heavy (non-hydrogen) atoms. The van der Waals surface area contributed by atoms with E-state index in [1.54, 1.807) is 0 Å². The van der Waals surface area contributed by atoms with Crippen LogP contribution in [0.5, 0.6) is 0 Å². The van der Waals surface area contributed by atoms with Gasteiger partial charge in [0.2, 0.25) is 0 Å². The first kappa shape index (κ1) is 14.2. The highest BCUT2D eigenvalue weighted by Crippen LogP contribution is 2.37. The van der Waals surface area contributed by atoms with E-state index in [1.807, 2.05) is 11.9 Å². The minimum Gasteiger partial charge on any atom is -0.313 e. The zero-order valence-electron chi connectivity index (χ0n) is 11.4. The molecule has 0 aromatic carbocycles. The summed E-state index contributed by atoms with van der Waals surface area (Å²) in [7, 11) is 1.83. The number of hydrogen-bond donors (Lipinski definition) is 1. The van der Waals surface area contributed by atoms with E-state index in [9.17, 15) is 8.78 Å². The normalized spacial score (nSPS) is 23.8. The minimum atomic E-state index is -2.22. The van der Waals surface area contributed by atoms with Gasteiger partial charge >= 0.3 is 0 Å². The molecule has 1 N–H and O–H groups in total. The van der Waals surface area contributed by atoms with Crippen LogP contribution in [0.25, 0.3) is 0 Å². The Kier molecular flexibility index (Phi) is 4.96. The second-order valence-electron chi connectivity index (χ2n) is 6.30. The number of rotatable bonds is 7. The summed E-state index contributed by atoms with van der Waals surface area (Å²) >= 11 is 0. The topological polar surface area (TPSA) is 15.3 Å². The highest BCUT2D eigenvalue weighted by molar-refractivity contribution is 4.91. The Bertz CT molecular complexity index is 248. The lowest BCUT2D eigenvalue weighted by Gasteiger charge is -2.40. The Morgan fingerprint density at radius 1 is 1.22 bits per heavy atom. The third-order valence-electron chi connectivity index (χ3n) is 4.31. The lowest BCUT2D eigenvalue weighted by molar-refractivity contribution is 0.0598. The Morgan fingerprint density at radius 3 is 2.44 bits per heavy atom. The van der Waals surface area contributed by atoms with E-state index < -0.39 is 6.43 Å². The molecule has 0 aromatic rings. The molecule has 0 radical (unpaired) electrons. The van der Waals surface area contributed by atoms with Crippen LogP contribution in [0.4, 0.5) is 8.78 Å². The smallest absolute Gasteiger partial charge is 0.251 e. The molecule has 0 atom stereocenters. The van der Waals surface area contributed by atoms with Gasteiger partial charge in [-0.3, -0.25) is 0 Å². The van der Waals surface area contributed by atoms with E-state index in [1.165, 1.54) is 44.9 Å². The van der Waals surface area contributed by atoms with E-state index in [0.717, 1.165) is 13.1 Å². The zero-order valence-corrected chi connectivity index (χ0v) is 11.4. The third-order valence-corrected chi connectivity index (χ3v) is 4.31. The van der Waals surface area contributed by atoms with Crippen LogP contribution in [-0.2, 0) is 0 Å². The fraction of sp³-hybridized carbons (Fsp3) is 1.00. The second kappa shape index (κ2) is 6.29. The molecule has 0 unspecified atom stereocenters. The van der Waals surface area contributed by atoms with Crippen LogP contribution in [0, 0.1) is 5.41 Å². The van der Waals surface area contributed by atoms with Crippen molar-refractivity contribution in [3.05, 3.63) is 0 Å². The fourth-order valence-corrected chi connectivity index (χ4v) is 3.21.